The third-order valence-electron chi connectivity index (χ3n) is 3.04. The van der Waals surface area contributed by atoms with E-state index >= 15 is 0 Å². The molecule has 0 aliphatic carbocycles. The van der Waals surface area contributed by atoms with Gasteiger partial charge in [0.05, 0.1) is 23.5 Å². The highest BCUT2D eigenvalue weighted by Gasteiger charge is 2.13. The fraction of sp³-hybridized carbons (Fsp3) is 0.400. The van der Waals surface area contributed by atoms with Gasteiger partial charge in [0, 0.05) is 19.2 Å². The van der Waals surface area contributed by atoms with Gasteiger partial charge < -0.3 is 9.64 Å². The van der Waals surface area contributed by atoms with E-state index in [-0.39, 0.29) is 0 Å². The van der Waals surface area contributed by atoms with Crippen molar-refractivity contribution in [3.63, 3.8) is 0 Å². The Labute approximate surface area is 124 Å². The van der Waals surface area contributed by atoms with Gasteiger partial charge in [0.1, 0.15) is 5.75 Å². The van der Waals surface area contributed by atoms with Crippen molar-refractivity contribution in [2.75, 3.05) is 27.2 Å². The van der Waals surface area contributed by atoms with Crippen LogP contribution in [0.4, 0.5) is 0 Å². The first-order chi connectivity index (χ1) is 9.59. The molecule has 0 radical (unpaired) electrons. The molecule has 2 aromatic rings. The van der Waals surface area contributed by atoms with Gasteiger partial charge in [-0.1, -0.05) is 23.7 Å². The summed E-state index contributed by atoms with van der Waals surface area (Å²) in [7, 11) is 6.00. The first-order valence-corrected chi connectivity index (χ1v) is 7.02. The number of rotatable bonds is 6. The molecule has 0 N–H and O–H groups in total. The van der Waals surface area contributed by atoms with E-state index in [9.17, 15) is 0 Å². The van der Waals surface area contributed by atoms with Gasteiger partial charge in [-0.2, -0.15) is 5.10 Å². The SMILES string of the molecule is CN(C)CCCOc1ccccc1-c1c(Cl)cnn1C. The number of hydrogen-bond donors (Lipinski definition) is 0. The van der Waals surface area contributed by atoms with Crippen molar-refractivity contribution in [1.82, 2.24) is 14.7 Å². The Kier molecular flexibility index (Phi) is 5.04. The van der Waals surface area contributed by atoms with Gasteiger partial charge >= 0.3 is 0 Å². The van der Waals surface area contributed by atoms with Crippen molar-refractivity contribution < 1.29 is 4.74 Å². The molecule has 0 spiro atoms. The molecule has 0 aliphatic heterocycles. The lowest BCUT2D eigenvalue weighted by Crippen LogP contribution is -2.15. The standard InChI is InChI=1S/C15H20ClN3O/c1-18(2)9-6-10-20-14-8-5-4-7-12(14)15-13(16)11-17-19(15)3/h4-5,7-8,11H,6,9-10H2,1-3H3. The largest absolute Gasteiger partial charge is 0.493 e. The molecule has 0 amide bonds. The molecule has 0 unspecified atom stereocenters. The fourth-order valence-corrected chi connectivity index (χ4v) is 2.33. The average molecular weight is 294 g/mol. The molecule has 2 rings (SSSR count). The second-order valence-electron chi connectivity index (χ2n) is 4.97. The first-order valence-electron chi connectivity index (χ1n) is 6.64. The van der Waals surface area contributed by atoms with Gasteiger partial charge in [-0.05, 0) is 32.6 Å². The molecule has 0 saturated heterocycles. The normalized spacial score (nSPS) is 11.1. The molecule has 108 valence electrons. The smallest absolute Gasteiger partial charge is 0.128 e. The maximum atomic E-state index is 6.21. The van der Waals surface area contributed by atoms with Gasteiger partial charge in [0.2, 0.25) is 0 Å². The van der Waals surface area contributed by atoms with E-state index in [1.165, 1.54) is 0 Å². The second kappa shape index (κ2) is 6.77. The number of aromatic nitrogens is 2. The maximum absolute atomic E-state index is 6.21. The van der Waals surface area contributed by atoms with Crippen LogP contribution in [-0.4, -0.2) is 41.9 Å². The monoisotopic (exact) mass is 293 g/mol. The Morgan fingerprint density at radius 2 is 2.05 bits per heavy atom. The van der Waals surface area contributed by atoms with Crippen LogP contribution in [0.2, 0.25) is 5.02 Å². The van der Waals surface area contributed by atoms with Crippen molar-refractivity contribution in [2.45, 2.75) is 6.42 Å². The minimum Gasteiger partial charge on any atom is -0.493 e. The van der Waals surface area contributed by atoms with Crippen molar-refractivity contribution in [3.8, 4) is 17.0 Å². The number of nitrogens with zero attached hydrogens (tertiary/aromatic N) is 3. The van der Waals surface area contributed by atoms with E-state index in [2.05, 4.69) is 24.1 Å². The van der Waals surface area contributed by atoms with Crippen LogP contribution in [0, 0.1) is 0 Å². The summed E-state index contributed by atoms with van der Waals surface area (Å²) < 4.78 is 7.66. The van der Waals surface area contributed by atoms with Crippen molar-refractivity contribution in [3.05, 3.63) is 35.5 Å². The topological polar surface area (TPSA) is 30.3 Å². The fourth-order valence-electron chi connectivity index (χ4n) is 2.06. The van der Waals surface area contributed by atoms with Crippen molar-refractivity contribution in [2.24, 2.45) is 7.05 Å². The Bertz CT molecular complexity index is 546. The lowest BCUT2D eigenvalue weighted by atomic mass is 10.1. The van der Waals surface area contributed by atoms with Gasteiger partial charge in [-0.25, -0.2) is 0 Å². The molecule has 1 heterocycles. The summed E-state index contributed by atoms with van der Waals surface area (Å²) in [6.07, 6.45) is 2.64. The van der Waals surface area contributed by atoms with Crippen LogP contribution in [-0.2, 0) is 7.05 Å². The summed E-state index contributed by atoms with van der Waals surface area (Å²) in [5.41, 5.74) is 1.86. The average Bonchev–Trinajstić information content (AvgIpc) is 2.75. The van der Waals surface area contributed by atoms with Crippen LogP contribution in [0.5, 0.6) is 5.75 Å². The Morgan fingerprint density at radius 3 is 2.70 bits per heavy atom. The van der Waals surface area contributed by atoms with Crippen LogP contribution < -0.4 is 4.74 Å². The predicted octanol–water partition coefficient (Wildman–Crippen LogP) is 3.07. The van der Waals surface area contributed by atoms with Gasteiger partial charge in [0.25, 0.3) is 0 Å². The van der Waals surface area contributed by atoms with Crippen LogP contribution in [0.3, 0.4) is 0 Å². The van der Waals surface area contributed by atoms with Crippen molar-refractivity contribution >= 4 is 11.6 Å². The molecule has 5 heteroatoms. The Balaban J connectivity index is 2.15. The van der Waals surface area contributed by atoms with E-state index < -0.39 is 0 Å². The highest BCUT2D eigenvalue weighted by molar-refractivity contribution is 6.33. The molecular formula is C15H20ClN3O. The van der Waals surface area contributed by atoms with Crippen LogP contribution in [0.15, 0.2) is 30.5 Å². The molecule has 0 atom stereocenters. The minimum atomic E-state index is 0.636. The van der Waals surface area contributed by atoms with E-state index in [0.29, 0.717) is 11.6 Å². The van der Waals surface area contributed by atoms with Gasteiger partial charge in [0.15, 0.2) is 0 Å². The van der Waals surface area contributed by atoms with Crippen LogP contribution in [0.25, 0.3) is 11.3 Å². The number of hydrogen-bond acceptors (Lipinski definition) is 3. The molecular weight excluding hydrogens is 274 g/mol. The molecule has 0 aliphatic rings. The summed E-state index contributed by atoms with van der Waals surface area (Å²) in [5.74, 6) is 0.844. The van der Waals surface area contributed by atoms with E-state index in [4.69, 9.17) is 16.3 Å². The summed E-state index contributed by atoms with van der Waals surface area (Å²) in [6.45, 7) is 1.69. The van der Waals surface area contributed by atoms with E-state index in [1.54, 1.807) is 10.9 Å². The second-order valence-corrected chi connectivity index (χ2v) is 5.37. The number of halogens is 1. The van der Waals surface area contributed by atoms with E-state index in [1.807, 2.05) is 31.3 Å². The zero-order chi connectivity index (χ0) is 14.5. The number of para-hydroxylation sites is 1. The van der Waals surface area contributed by atoms with Gasteiger partial charge in [-0.15, -0.1) is 0 Å². The van der Waals surface area contributed by atoms with Crippen LogP contribution >= 0.6 is 11.6 Å². The minimum absolute atomic E-state index is 0.636. The zero-order valence-corrected chi connectivity index (χ0v) is 12.9. The third-order valence-corrected chi connectivity index (χ3v) is 3.32. The molecule has 0 bridgehead atoms. The zero-order valence-electron chi connectivity index (χ0n) is 12.1. The molecule has 1 aromatic carbocycles. The molecule has 0 fully saturated rings. The lowest BCUT2D eigenvalue weighted by molar-refractivity contribution is 0.282. The summed E-state index contributed by atoms with van der Waals surface area (Å²) >= 11 is 6.21. The molecule has 4 nitrogen and oxygen atoms in total. The number of benzene rings is 1. The van der Waals surface area contributed by atoms with E-state index in [0.717, 1.165) is 30.0 Å². The quantitative estimate of drug-likeness (QED) is 0.767. The Morgan fingerprint density at radius 1 is 1.30 bits per heavy atom. The molecule has 0 saturated carbocycles. The molecule has 20 heavy (non-hydrogen) atoms. The van der Waals surface area contributed by atoms with Gasteiger partial charge in [-0.3, -0.25) is 4.68 Å². The lowest BCUT2D eigenvalue weighted by Gasteiger charge is -2.13. The van der Waals surface area contributed by atoms with Crippen LogP contribution in [0.1, 0.15) is 6.42 Å². The predicted molar refractivity (Wildman–Crippen MR) is 82.3 cm³/mol. The van der Waals surface area contributed by atoms with Crippen molar-refractivity contribution in [1.29, 1.82) is 0 Å². The summed E-state index contributed by atoms with van der Waals surface area (Å²) in [6, 6.07) is 7.92. The number of ether oxygens (including phenoxy) is 1. The Hall–Kier alpha value is -1.52. The summed E-state index contributed by atoms with van der Waals surface area (Å²) in [4.78, 5) is 2.15. The third kappa shape index (κ3) is 3.52. The maximum Gasteiger partial charge on any atom is 0.128 e. The first kappa shape index (κ1) is 14.9. The number of aryl methyl sites for hydroxylation is 1. The summed E-state index contributed by atoms with van der Waals surface area (Å²) in [5, 5.41) is 4.81. The highest BCUT2D eigenvalue weighted by atomic mass is 35.5. The molecule has 1 aromatic heterocycles. The highest BCUT2D eigenvalue weighted by Crippen LogP contribution is 2.34.